The Bertz CT molecular complexity index is 540. The molecule has 100 valence electrons. The number of hydrogen-bond acceptors (Lipinski definition) is 1. The summed E-state index contributed by atoms with van der Waals surface area (Å²) in [5, 5.41) is 10.1. The highest BCUT2D eigenvalue weighted by molar-refractivity contribution is 5.23. The molecule has 0 aliphatic rings. The molecular formula is C16H16F2O. The van der Waals surface area contributed by atoms with Crippen LogP contribution in [0.2, 0.25) is 0 Å². The van der Waals surface area contributed by atoms with Crippen LogP contribution in [0.5, 0.6) is 0 Å². The minimum atomic E-state index is -1.01. The summed E-state index contributed by atoms with van der Waals surface area (Å²) in [5.74, 6) is -1.82. The molecule has 0 aliphatic carbocycles. The molecule has 0 bridgehead atoms. The fourth-order valence-corrected chi connectivity index (χ4v) is 2.16. The van der Waals surface area contributed by atoms with E-state index in [0.717, 1.165) is 11.6 Å². The number of aliphatic hydroxyl groups is 1. The molecule has 0 spiro atoms. The Balaban J connectivity index is 2.13. The van der Waals surface area contributed by atoms with Gasteiger partial charge in [-0.1, -0.05) is 49.4 Å². The number of hydrogen-bond donors (Lipinski definition) is 1. The Morgan fingerprint density at radius 2 is 1.68 bits per heavy atom. The predicted molar refractivity (Wildman–Crippen MR) is 70.8 cm³/mol. The van der Waals surface area contributed by atoms with Crippen LogP contribution in [0.25, 0.3) is 0 Å². The van der Waals surface area contributed by atoms with Crippen LogP contribution >= 0.6 is 0 Å². The van der Waals surface area contributed by atoms with Gasteiger partial charge in [-0.3, -0.25) is 0 Å². The number of aliphatic hydroxyl groups excluding tert-OH is 1. The van der Waals surface area contributed by atoms with Gasteiger partial charge in [0.05, 0.1) is 6.10 Å². The lowest BCUT2D eigenvalue weighted by atomic mass is 9.92. The highest BCUT2D eigenvalue weighted by atomic mass is 19.2. The summed E-state index contributed by atoms with van der Waals surface area (Å²) in [4.78, 5) is 0. The molecule has 0 fully saturated rings. The first-order chi connectivity index (χ1) is 9.09. The van der Waals surface area contributed by atoms with Gasteiger partial charge in [-0.25, -0.2) is 8.78 Å². The summed E-state index contributed by atoms with van der Waals surface area (Å²) in [6.45, 7) is 1.95. The van der Waals surface area contributed by atoms with Gasteiger partial charge < -0.3 is 5.11 Å². The lowest BCUT2D eigenvalue weighted by Gasteiger charge is -2.17. The van der Waals surface area contributed by atoms with Crippen LogP contribution in [0, 0.1) is 11.6 Å². The van der Waals surface area contributed by atoms with Crippen LogP contribution in [0.3, 0.4) is 0 Å². The molecule has 0 saturated carbocycles. The quantitative estimate of drug-likeness (QED) is 0.875. The highest BCUT2D eigenvalue weighted by Crippen LogP contribution is 2.29. The van der Waals surface area contributed by atoms with E-state index < -0.39 is 17.7 Å². The van der Waals surface area contributed by atoms with Gasteiger partial charge in [-0.05, 0) is 24.0 Å². The van der Waals surface area contributed by atoms with E-state index in [9.17, 15) is 13.9 Å². The molecule has 19 heavy (non-hydrogen) atoms. The van der Waals surface area contributed by atoms with Gasteiger partial charge in [0.15, 0.2) is 11.6 Å². The van der Waals surface area contributed by atoms with Crippen molar-refractivity contribution in [2.24, 2.45) is 0 Å². The van der Waals surface area contributed by atoms with Crippen LogP contribution in [0.15, 0.2) is 48.5 Å². The Labute approximate surface area is 111 Å². The van der Waals surface area contributed by atoms with Gasteiger partial charge in [0.2, 0.25) is 0 Å². The van der Waals surface area contributed by atoms with E-state index in [0.29, 0.717) is 6.42 Å². The molecule has 0 aliphatic heterocycles. The van der Waals surface area contributed by atoms with Gasteiger partial charge in [0, 0.05) is 5.56 Å². The van der Waals surface area contributed by atoms with Crippen molar-refractivity contribution in [3.05, 3.63) is 71.3 Å². The van der Waals surface area contributed by atoms with Crippen molar-refractivity contribution in [2.75, 3.05) is 0 Å². The van der Waals surface area contributed by atoms with Crippen molar-refractivity contribution in [1.82, 2.24) is 0 Å². The largest absolute Gasteiger partial charge is 0.388 e. The number of halogens is 2. The summed E-state index contributed by atoms with van der Waals surface area (Å²) < 4.78 is 26.7. The summed E-state index contributed by atoms with van der Waals surface area (Å²) in [5.41, 5.74) is 1.08. The molecule has 2 unspecified atom stereocenters. The van der Waals surface area contributed by atoms with Crippen LogP contribution in [-0.2, 0) is 0 Å². The standard InChI is InChI=1S/C16H16F2O/c1-11(12-6-3-2-4-7-12)10-15(19)13-8-5-9-14(17)16(13)18/h2-9,11,15,19H,10H2,1H3. The zero-order valence-electron chi connectivity index (χ0n) is 10.7. The molecule has 1 N–H and O–H groups in total. The van der Waals surface area contributed by atoms with Crippen LogP contribution in [0.4, 0.5) is 8.78 Å². The molecule has 0 radical (unpaired) electrons. The van der Waals surface area contributed by atoms with E-state index in [-0.39, 0.29) is 11.5 Å². The first kappa shape index (κ1) is 13.7. The Morgan fingerprint density at radius 3 is 2.37 bits per heavy atom. The maximum Gasteiger partial charge on any atom is 0.164 e. The SMILES string of the molecule is CC(CC(O)c1cccc(F)c1F)c1ccccc1. The third kappa shape index (κ3) is 3.18. The van der Waals surface area contributed by atoms with E-state index >= 15 is 0 Å². The maximum absolute atomic E-state index is 13.6. The van der Waals surface area contributed by atoms with E-state index in [1.165, 1.54) is 12.1 Å². The maximum atomic E-state index is 13.6. The predicted octanol–water partition coefficient (Wildman–Crippen LogP) is 4.19. The van der Waals surface area contributed by atoms with Crippen molar-refractivity contribution < 1.29 is 13.9 Å². The second-order valence-corrected chi connectivity index (χ2v) is 4.71. The van der Waals surface area contributed by atoms with Gasteiger partial charge in [0.25, 0.3) is 0 Å². The number of rotatable bonds is 4. The number of benzene rings is 2. The molecule has 3 heteroatoms. The van der Waals surface area contributed by atoms with E-state index in [4.69, 9.17) is 0 Å². The molecule has 1 nitrogen and oxygen atoms in total. The van der Waals surface area contributed by atoms with Gasteiger partial charge >= 0.3 is 0 Å². The molecule has 2 aromatic carbocycles. The monoisotopic (exact) mass is 262 g/mol. The normalized spacial score (nSPS) is 14.1. The molecule has 0 amide bonds. The van der Waals surface area contributed by atoms with E-state index in [2.05, 4.69) is 0 Å². The van der Waals surface area contributed by atoms with Crippen molar-refractivity contribution in [1.29, 1.82) is 0 Å². The third-order valence-corrected chi connectivity index (χ3v) is 3.29. The first-order valence-corrected chi connectivity index (χ1v) is 6.26. The average molecular weight is 262 g/mol. The second-order valence-electron chi connectivity index (χ2n) is 4.71. The summed E-state index contributed by atoms with van der Waals surface area (Å²) in [6.07, 6.45) is -0.657. The van der Waals surface area contributed by atoms with Crippen LogP contribution in [-0.4, -0.2) is 5.11 Å². The summed E-state index contributed by atoms with van der Waals surface area (Å²) >= 11 is 0. The van der Waals surface area contributed by atoms with E-state index in [1.807, 2.05) is 37.3 Å². The molecular weight excluding hydrogens is 246 g/mol. The van der Waals surface area contributed by atoms with Crippen LogP contribution < -0.4 is 0 Å². The fourth-order valence-electron chi connectivity index (χ4n) is 2.16. The molecule has 0 aromatic heterocycles. The van der Waals surface area contributed by atoms with Gasteiger partial charge in [-0.2, -0.15) is 0 Å². The lowest BCUT2D eigenvalue weighted by molar-refractivity contribution is 0.154. The van der Waals surface area contributed by atoms with Gasteiger partial charge in [0.1, 0.15) is 0 Å². The molecule has 2 aromatic rings. The zero-order valence-corrected chi connectivity index (χ0v) is 10.7. The van der Waals surface area contributed by atoms with Crippen molar-refractivity contribution >= 4 is 0 Å². The minimum absolute atomic E-state index is 0.0165. The smallest absolute Gasteiger partial charge is 0.164 e. The molecule has 0 heterocycles. The Morgan fingerprint density at radius 1 is 1.00 bits per heavy atom. The van der Waals surface area contributed by atoms with Gasteiger partial charge in [-0.15, -0.1) is 0 Å². The molecule has 2 rings (SSSR count). The molecule has 0 saturated heterocycles. The minimum Gasteiger partial charge on any atom is -0.388 e. The topological polar surface area (TPSA) is 20.2 Å². The van der Waals surface area contributed by atoms with Crippen molar-refractivity contribution in [3.8, 4) is 0 Å². The highest BCUT2D eigenvalue weighted by Gasteiger charge is 2.18. The third-order valence-electron chi connectivity index (χ3n) is 3.29. The average Bonchev–Trinajstić information content (AvgIpc) is 2.42. The molecule has 2 atom stereocenters. The lowest BCUT2D eigenvalue weighted by Crippen LogP contribution is -2.06. The summed E-state index contributed by atoms with van der Waals surface area (Å²) in [7, 11) is 0. The van der Waals surface area contributed by atoms with Crippen LogP contribution in [0.1, 0.15) is 36.5 Å². The fraction of sp³-hybridized carbons (Fsp3) is 0.250. The Hall–Kier alpha value is -1.74. The summed E-state index contributed by atoms with van der Waals surface area (Å²) in [6, 6.07) is 13.5. The second kappa shape index (κ2) is 5.93. The van der Waals surface area contributed by atoms with Crippen molar-refractivity contribution in [2.45, 2.75) is 25.4 Å². The van der Waals surface area contributed by atoms with E-state index in [1.54, 1.807) is 0 Å². The van der Waals surface area contributed by atoms with Crippen molar-refractivity contribution in [3.63, 3.8) is 0 Å². The zero-order chi connectivity index (χ0) is 13.8. The first-order valence-electron chi connectivity index (χ1n) is 6.26. The Kier molecular flexibility index (Phi) is 4.27.